The van der Waals surface area contributed by atoms with Crippen LogP contribution in [0.5, 0.6) is 5.75 Å². The summed E-state index contributed by atoms with van der Waals surface area (Å²) in [5.74, 6) is -0.243. The van der Waals surface area contributed by atoms with Crippen molar-refractivity contribution in [2.75, 3.05) is 46.2 Å². The lowest BCUT2D eigenvalue weighted by atomic mass is 9.83. The zero-order valence-corrected chi connectivity index (χ0v) is 31.6. The molecular weight excluding hydrogens is 670 g/mol. The summed E-state index contributed by atoms with van der Waals surface area (Å²) >= 11 is 0. The van der Waals surface area contributed by atoms with Gasteiger partial charge in [0.25, 0.3) is 0 Å². The number of fused-ring (bicyclic) bond motifs is 2. The molecule has 2 fully saturated rings. The Labute approximate surface area is 307 Å². The first-order valence-electron chi connectivity index (χ1n) is 18.1. The Bertz CT molecular complexity index is 1500. The Morgan fingerprint density at radius 2 is 1.60 bits per heavy atom. The maximum Gasteiger partial charge on any atom is 0.163 e. The quantitative estimate of drug-likeness (QED) is 0.0848. The summed E-state index contributed by atoms with van der Waals surface area (Å²) in [5, 5.41) is 43.1. The molecule has 4 N–H and O–H groups in total. The van der Waals surface area contributed by atoms with Crippen LogP contribution in [0.1, 0.15) is 77.2 Å². The number of ether oxygens (including phenoxy) is 5. The van der Waals surface area contributed by atoms with Gasteiger partial charge in [-0.05, 0) is 75.6 Å². The van der Waals surface area contributed by atoms with Crippen LogP contribution in [0.3, 0.4) is 0 Å². The van der Waals surface area contributed by atoms with Gasteiger partial charge in [-0.25, -0.2) is 0 Å². The maximum atomic E-state index is 13.2. The van der Waals surface area contributed by atoms with Crippen LogP contribution in [0.15, 0.2) is 52.7 Å². The summed E-state index contributed by atoms with van der Waals surface area (Å²) in [6.45, 7) is 15.6. The summed E-state index contributed by atoms with van der Waals surface area (Å²) in [7, 11) is 0. The minimum atomic E-state index is -1.08. The molecule has 2 heterocycles. The van der Waals surface area contributed by atoms with E-state index in [-0.39, 0.29) is 54.3 Å². The molecule has 6 atom stereocenters. The first-order valence-corrected chi connectivity index (χ1v) is 18.1. The van der Waals surface area contributed by atoms with Crippen LogP contribution in [0, 0.1) is 11.3 Å². The maximum absolute atomic E-state index is 13.2. The van der Waals surface area contributed by atoms with Gasteiger partial charge in [-0.1, -0.05) is 33.8 Å². The van der Waals surface area contributed by atoms with E-state index < -0.39 is 35.6 Å². The number of carbonyl (C=O) groups excluding carboxylic acids is 2. The molecule has 0 spiro atoms. The number of phenols is 1. The summed E-state index contributed by atoms with van der Waals surface area (Å²) in [4.78, 5) is 25.9. The van der Waals surface area contributed by atoms with Crippen molar-refractivity contribution in [1.82, 2.24) is 5.32 Å². The van der Waals surface area contributed by atoms with E-state index in [4.69, 9.17) is 23.7 Å². The van der Waals surface area contributed by atoms with Gasteiger partial charge in [0.05, 0.1) is 57.5 Å². The number of benzene rings is 2. The fourth-order valence-electron chi connectivity index (χ4n) is 6.11. The number of aliphatic hydroxyl groups is 2. The smallest absolute Gasteiger partial charge is 0.163 e. The number of carbonyl (C=O) groups is 2. The normalized spacial score (nSPS) is 24.0. The second-order valence-electron chi connectivity index (χ2n) is 15.8. The highest BCUT2D eigenvalue weighted by Gasteiger charge is 2.58. The van der Waals surface area contributed by atoms with Crippen LogP contribution in [-0.4, -0.2) is 109 Å². The summed E-state index contributed by atoms with van der Waals surface area (Å²) < 4.78 is 28.1. The average molecular weight is 728 g/mol. The summed E-state index contributed by atoms with van der Waals surface area (Å²) in [5.41, 5.74) is 0.379. The monoisotopic (exact) mass is 727 g/mol. The molecule has 2 bridgehead atoms. The van der Waals surface area contributed by atoms with Crippen LogP contribution in [0.2, 0.25) is 0 Å². The number of azo groups is 1. The van der Waals surface area contributed by atoms with Crippen molar-refractivity contribution in [1.29, 1.82) is 0 Å². The lowest BCUT2D eigenvalue weighted by molar-refractivity contribution is -0.248. The Kier molecular flexibility index (Phi) is 14.6. The van der Waals surface area contributed by atoms with Crippen molar-refractivity contribution >= 4 is 22.9 Å². The molecule has 2 aromatic carbocycles. The molecule has 0 saturated carbocycles. The highest BCUT2D eigenvalue weighted by Crippen LogP contribution is 2.40. The highest BCUT2D eigenvalue weighted by atomic mass is 16.7. The molecule has 0 radical (unpaired) electrons. The molecular formula is C39H57N3O10. The van der Waals surface area contributed by atoms with E-state index in [1.165, 1.54) is 0 Å². The van der Waals surface area contributed by atoms with E-state index in [0.29, 0.717) is 56.9 Å². The van der Waals surface area contributed by atoms with Crippen molar-refractivity contribution in [3.05, 3.63) is 53.6 Å². The number of phenolic OH excluding ortho intramolecular Hbond substituents is 1. The number of aliphatic hydroxyl groups excluding tert-OH is 2. The van der Waals surface area contributed by atoms with Crippen LogP contribution < -0.4 is 5.32 Å². The predicted molar refractivity (Wildman–Crippen MR) is 194 cm³/mol. The third-order valence-electron chi connectivity index (χ3n) is 9.06. The van der Waals surface area contributed by atoms with Gasteiger partial charge in [0.2, 0.25) is 0 Å². The van der Waals surface area contributed by atoms with Crippen molar-refractivity contribution < 1.29 is 48.6 Å². The molecule has 2 aromatic rings. The van der Waals surface area contributed by atoms with E-state index in [2.05, 4.69) is 15.5 Å². The van der Waals surface area contributed by atoms with Crippen LogP contribution in [0.4, 0.5) is 11.4 Å². The number of nitrogens with one attached hydrogen (secondary N) is 1. The van der Waals surface area contributed by atoms with Gasteiger partial charge in [0, 0.05) is 35.5 Å². The van der Waals surface area contributed by atoms with Crippen molar-refractivity contribution in [3.63, 3.8) is 0 Å². The number of Topliss-reactive ketones (excluding diaryl/α,β-unsaturated/α-hetero) is 2. The summed E-state index contributed by atoms with van der Waals surface area (Å²) in [6.07, 6.45) is -1.24. The van der Waals surface area contributed by atoms with E-state index >= 15 is 0 Å². The Morgan fingerprint density at radius 1 is 0.942 bits per heavy atom. The Morgan fingerprint density at radius 3 is 2.25 bits per heavy atom. The molecule has 0 aliphatic carbocycles. The van der Waals surface area contributed by atoms with Gasteiger partial charge in [-0.2, -0.15) is 5.11 Å². The molecule has 2 saturated heterocycles. The van der Waals surface area contributed by atoms with Crippen LogP contribution >= 0.6 is 0 Å². The third-order valence-corrected chi connectivity index (χ3v) is 9.06. The fourth-order valence-corrected chi connectivity index (χ4v) is 6.11. The SMILES string of the molecule is CC1[C@H]2OCC(COCCOCCOCCCC(=O)c3ccc(N=Nc4cc(CC(NC(C)(C)C)C(=O)C(C)(C)C)ccc4O)cc3)(O2)[C@H](O)[C@@H]1O. The number of hydrogen-bond acceptors (Lipinski definition) is 13. The molecule has 288 valence electrons. The van der Waals surface area contributed by atoms with Crippen LogP contribution in [0.25, 0.3) is 0 Å². The zero-order valence-electron chi connectivity index (χ0n) is 31.6. The predicted octanol–water partition coefficient (Wildman–Crippen LogP) is 5.22. The van der Waals surface area contributed by atoms with E-state index in [0.717, 1.165) is 5.56 Å². The molecule has 2 aliphatic heterocycles. The van der Waals surface area contributed by atoms with Gasteiger partial charge in [-0.15, -0.1) is 5.11 Å². The summed E-state index contributed by atoms with van der Waals surface area (Å²) in [6, 6.07) is 11.5. The third kappa shape index (κ3) is 11.7. The largest absolute Gasteiger partial charge is 0.506 e. The van der Waals surface area contributed by atoms with Crippen LogP contribution in [-0.2, 0) is 34.9 Å². The number of ketones is 2. The first kappa shape index (κ1) is 41.6. The molecule has 13 nitrogen and oxygen atoms in total. The van der Waals surface area contributed by atoms with E-state index in [1.807, 2.05) is 41.5 Å². The lowest BCUT2D eigenvalue weighted by Crippen LogP contribution is -2.60. The molecule has 0 aromatic heterocycles. The van der Waals surface area contributed by atoms with Gasteiger partial charge < -0.3 is 44.3 Å². The molecule has 2 aliphatic rings. The van der Waals surface area contributed by atoms with Gasteiger partial charge in [0.1, 0.15) is 23.1 Å². The topological polar surface area (TPSA) is 178 Å². The molecule has 3 unspecified atom stereocenters. The number of nitrogens with zero attached hydrogens (tertiary/aromatic N) is 2. The van der Waals surface area contributed by atoms with E-state index in [9.17, 15) is 24.9 Å². The van der Waals surface area contributed by atoms with Crippen molar-refractivity contribution in [2.24, 2.45) is 21.6 Å². The standard InChI is InChI=1S/C39H57N3O10/c1-25-33(45)35(47)39(24-51-36(25)52-39)23-50-20-19-49-18-17-48-16-8-9-31(43)27-11-13-28(14-12-27)41-42-29-21-26(10-15-32(29)44)22-30(40-38(5,6)7)34(46)37(2,3)4/h10-15,21,25,30,33,35-36,40,44-45,47H,8-9,16-20,22-24H2,1-7H3/t25?,30?,33-,35-,36+,39?/m1/s1. The van der Waals surface area contributed by atoms with Crippen molar-refractivity contribution in [2.45, 2.75) is 103 Å². The Hall–Kier alpha value is -3.14. The van der Waals surface area contributed by atoms with Crippen molar-refractivity contribution in [3.8, 4) is 5.75 Å². The van der Waals surface area contributed by atoms with Gasteiger partial charge in [0.15, 0.2) is 17.9 Å². The molecule has 13 heteroatoms. The average Bonchev–Trinajstić information content (AvgIpc) is 3.50. The molecule has 4 rings (SSSR count). The second-order valence-corrected chi connectivity index (χ2v) is 15.8. The van der Waals surface area contributed by atoms with E-state index in [1.54, 1.807) is 49.4 Å². The minimum absolute atomic E-state index is 0.0125. The van der Waals surface area contributed by atoms with Gasteiger partial charge >= 0.3 is 0 Å². The Balaban J connectivity index is 1.13. The highest BCUT2D eigenvalue weighted by molar-refractivity contribution is 5.96. The first-order chi connectivity index (χ1) is 24.5. The zero-order chi connectivity index (χ0) is 38.1. The number of rotatable bonds is 19. The van der Waals surface area contributed by atoms with Gasteiger partial charge in [-0.3, -0.25) is 9.59 Å². The molecule has 0 amide bonds. The second kappa shape index (κ2) is 18.3. The lowest BCUT2D eigenvalue weighted by Gasteiger charge is -2.41. The number of aromatic hydroxyl groups is 1. The fraction of sp³-hybridized carbons (Fsp3) is 0.641. The number of hydrogen-bond donors (Lipinski definition) is 4. The minimum Gasteiger partial charge on any atom is -0.506 e. The molecule has 52 heavy (non-hydrogen) atoms.